The number of halogens is 1. The van der Waals surface area contributed by atoms with Crippen LogP contribution in [0.3, 0.4) is 0 Å². The maximum absolute atomic E-state index is 13.9. The lowest BCUT2D eigenvalue weighted by molar-refractivity contribution is 0.0740. The van der Waals surface area contributed by atoms with E-state index in [2.05, 4.69) is 22.2 Å². The van der Waals surface area contributed by atoms with Crippen molar-refractivity contribution < 1.29 is 9.18 Å². The molecule has 0 aliphatic carbocycles. The van der Waals surface area contributed by atoms with Crippen LogP contribution in [0.2, 0.25) is 0 Å². The fraction of sp³-hybridized carbons (Fsp3) is 0.450. The van der Waals surface area contributed by atoms with Crippen LogP contribution in [-0.2, 0) is 0 Å². The minimum Gasteiger partial charge on any atom is -0.366 e. The lowest BCUT2D eigenvalue weighted by Crippen LogP contribution is -2.49. The van der Waals surface area contributed by atoms with Crippen molar-refractivity contribution in [2.45, 2.75) is 26.2 Å². The number of carbonyl (C=O) groups excluding carboxylic acids is 1. The Morgan fingerprint density at radius 3 is 2.67 bits per heavy atom. The topological polar surface area (TPSA) is 61.4 Å². The van der Waals surface area contributed by atoms with Gasteiger partial charge in [-0.3, -0.25) is 4.79 Å². The van der Waals surface area contributed by atoms with E-state index in [9.17, 15) is 9.18 Å². The third kappa shape index (κ3) is 4.93. The molecule has 6 nitrogen and oxygen atoms in total. The van der Waals surface area contributed by atoms with Gasteiger partial charge in [-0.1, -0.05) is 31.9 Å². The molecule has 2 aromatic rings. The average Bonchev–Trinajstić information content (AvgIpc) is 2.71. The van der Waals surface area contributed by atoms with Crippen LogP contribution < -0.4 is 10.2 Å². The first-order chi connectivity index (χ1) is 13.2. The zero-order valence-electron chi connectivity index (χ0n) is 15.7. The molecule has 1 fully saturated rings. The number of hydrogen-bond donors (Lipinski definition) is 1. The summed E-state index contributed by atoms with van der Waals surface area (Å²) in [6, 6.07) is 8.38. The van der Waals surface area contributed by atoms with Crippen molar-refractivity contribution in [3.63, 3.8) is 0 Å². The van der Waals surface area contributed by atoms with Crippen LogP contribution in [0.4, 0.5) is 16.0 Å². The highest BCUT2D eigenvalue weighted by Gasteiger charge is 2.24. The van der Waals surface area contributed by atoms with Gasteiger partial charge in [0.1, 0.15) is 11.5 Å². The molecule has 0 spiro atoms. The van der Waals surface area contributed by atoms with E-state index in [1.807, 2.05) is 11.0 Å². The van der Waals surface area contributed by atoms with Crippen LogP contribution in [0.5, 0.6) is 0 Å². The highest BCUT2D eigenvalue weighted by molar-refractivity contribution is 5.92. The van der Waals surface area contributed by atoms with Gasteiger partial charge < -0.3 is 15.1 Å². The molecular weight excluding hydrogens is 345 g/mol. The maximum atomic E-state index is 13.9. The first kappa shape index (κ1) is 19.1. The van der Waals surface area contributed by atoms with Gasteiger partial charge in [-0.2, -0.15) is 0 Å². The predicted molar refractivity (Wildman–Crippen MR) is 105 cm³/mol. The average molecular weight is 371 g/mol. The van der Waals surface area contributed by atoms with E-state index >= 15 is 0 Å². The smallest absolute Gasteiger partial charge is 0.272 e. The normalized spacial score (nSPS) is 14.3. The molecular formula is C20H26FN5O. The van der Waals surface area contributed by atoms with E-state index in [1.54, 1.807) is 29.3 Å². The van der Waals surface area contributed by atoms with E-state index in [0.717, 1.165) is 25.8 Å². The SMILES string of the molecule is CCCCCNc1nccc(C(=O)N2CCN(c3ccccc3F)CC2)n1. The number of para-hydroxylation sites is 1. The van der Waals surface area contributed by atoms with Crippen LogP contribution in [0.25, 0.3) is 0 Å². The molecule has 1 amide bonds. The third-order valence-corrected chi connectivity index (χ3v) is 4.70. The predicted octanol–water partition coefficient (Wildman–Crippen LogP) is 3.18. The summed E-state index contributed by atoms with van der Waals surface area (Å²) in [6.07, 6.45) is 4.96. The Bertz CT molecular complexity index is 762. The maximum Gasteiger partial charge on any atom is 0.272 e. The Labute approximate surface area is 159 Å². The lowest BCUT2D eigenvalue weighted by atomic mass is 10.2. The van der Waals surface area contributed by atoms with Crippen molar-refractivity contribution in [3.05, 3.63) is 48.0 Å². The number of aromatic nitrogens is 2. The lowest BCUT2D eigenvalue weighted by Gasteiger charge is -2.36. The second-order valence-corrected chi connectivity index (χ2v) is 6.63. The summed E-state index contributed by atoms with van der Waals surface area (Å²) in [6.45, 7) is 5.22. The van der Waals surface area contributed by atoms with Gasteiger partial charge in [-0.15, -0.1) is 0 Å². The third-order valence-electron chi connectivity index (χ3n) is 4.70. The number of benzene rings is 1. The standard InChI is InChI=1S/C20H26FN5O/c1-2-3-6-10-22-20-23-11-9-17(24-20)19(27)26-14-12-25(13-15-26)18-8-5-4-7-16(18)21/h4-5,7-9,11H,2-3,6,10,12-15H2,1H3,(H,22,23,24). The minimum absolute atomic E-state index is 0.109. The van der Waals surface area contributed by atoms with Gasteiger partial charge in [0.15, 0.2) is 0 Å². The van der Waals surface area contributed by atoms with Crippen molar-refractivity contribution in [3.8, 4) is 0 Å². The number of anilines is 2. The van der Waals surface area contributed by atoms with Gasteiger partial charge in [0.05, 0.1) is 5.69 Å². The molecule has 27 heavy (non-hydrogen) atoms. The molecule has 0 radical (unpaired) electrons. The van der Waals surface area contributed by atoms with E-state index in [1.165, 1.54) is 6.07 Å². The van der Waals surface area contributed by atoms with Crippen LogP contribution >= 0.6 is 0 Å². The first-order valence-electron chi connectivity index (χ1n) is 9.54. The molecule has 1 aromatic carbocycles. The Balaban J connectivity index is 1.57. The van der Waals surface area contributed by atoms with Gasteiger partial charge in [0.2, 0.25) is 5.95 Å². The summed E-state index contributed by atoms with van der Waals surface area (Å²) in [5, 5.41) is 3.17. The van der Waals surface area contributed by atoms with E-state index in [4.69, 9.17) is 0 Å². The minimum atomic E-state index is -0.230. The van der Waals surface area contributed by atoms with Crippen LogP contribution in [0, 0.1) is 5.82 Å². The van der Waals surface area contributed by atoms with E-state index in [0.29, 0.717) is 43.5 Å². The summed E-state index contributed by atoms with van der Waals surface area (Å²) in [5.41, 5.74) is 0.979. The van der Waals surface area contributed by atoms with Crippen LogP contribution in [-0.4, -0.2) is 53.5 Å². The second kappa shape index (κ2) is 9.30. The molecule has 0 bridgehead atoms. The molecule has 1 aromatic heterocycles. The molecule has 1 saturated heterocycles. The Morgan fingerprint density at radius 1 is 1.15 bits per heavy atom. The largest absolute Gasteiger partial charge is 0.366 e. The fourth-order valence-corrected chi connectivity index (χ4v) is 3.16. The van der Waals surface area contributed by atoms with Crippen molar-refractivity contribution in [1.29, 1.82) is 0 Å². The Kier molecular flexibility index (Phi) is 6.57. The molecule has 2 heterocycles. The molecule has 0 saturated carbocycles. The van der Waals surface area contributed by atoms with Gasteiger partial charge in [-0.25, -0.2) is 14.4 Å². The second-order valence-electron chi connectivity index (χ2n) is 6.63. The van der Waals surface area contributed by atoms with E-state index in [-0.39, 0.29) is 11.7 Å². The fourth-order valence-electron chi connectivity index (χ4n) is 3.16. The van der Waals surface area contributed by atoms with Gasteiger partial charge in [0, 0.05) is 38.9 Å². The van der Waals surface area contributed by atoms with Gasteiger partial charge in [0.25, 0.3) is 5.91 Å². The number of hydrogen-bond acceptors (Lipinski definition) is 5. The van der Waals surface area contributed by atoms with Gasteiger partial charge >= 0.3 is 0 Å². The molecule has 0 atom stereocenters. The number of amides is 1. The number of unbranched alkanes of at least 4 members (excludes halogenated alkanes) is 2. The molecule has 144 valence electrons. The molecule has 1 N–H and O–H groups in total. The zero-order valence-corrected chi connectivity index (χ0v) is 15.7. The quantitative estimate of drug-likeness (QED) is 0.758. The van der Waals surface area contributed by atoms with Crippen molar-refractivity contribution in [2.24, 2.45) is 0 Å². The summed E-state index contributed by atoms with van der Waals surface area (Å²) >= 11 is 0. The molecule has 7 heteroatoms. The van der Waals surface area contributed by atoms with Gasteiger partial charge in [-0.05, 0) is 24.6 Å². The molecule has 1 aliphatic rings. The summed E-state index contributed by atoms with van der Waals surface area (Å²) in [7, 11) is 0. The Morgan fingerprint density at radius 2 is 1.93 bits per heavy atom. The summed E-state index contributed by atoms with van der Waals surface area (Å²) < 4.78 is 13.9. The van der Waals surface area contributed by atoms with Crippen molar-refractivity contribution in [1.82, 2.24) is 14.9 Å². The Hall–Kier alpha value is -2.70. The monoisotopic (exact) mass is 371 g/mol. The molecule has 0 unspecified atom stereocenters. The number of nitrogens with one attached hydrogen (secondary N) is 1. The van der Waals surface area contributed by atoms with Crippen molar-refractivity contribution >= 4 is 17.5 Å². The molecule has 3 rings (SSSR count). The number of carbonyl (C=O) groups is 1. The number of piperazine rings is 1. The molecule has 1 aliphatic heterocycles. The van der Waals surface area contributed by atoms with E-state index < -0.39 is 0 Å². The highest BCUT2D eigenvalue weighted by atomic mass is 19.1. The number of nitrogens with zero attached hydrogens (tertiary/aromatic N) is 4. The number of rotatable bonds is 7. The summed E-state index contributed by atoms with van der Waals surface area (Å²) in [4.78, 5) is 25.0. The highest BCUT2D eigenvalue weighted by Crippen LogP contribution is 2.20. The first-order valence-corrected chi connectivity index (χ1v) is 9.54. The zero-order chi connectivity index (χ0) is 19.1. The van der Waals surface area contributed by atoms with Crippen LogP contribution in [0.1, 0.15) is 36.7 Å². The van der Waals surface area contributed by atoms with Crippen LogP contribution in [0.15, 0.2) is 36.5 Å². The van der Waals surface area contributed by atoms with Crippen molar-refractivity contribution in [2.75, 3.05) is 42.9 Å². The summed E-state index contributed by atoms with van der Waals surface area (Å²) in [5.74, 6) is 0.149.